The zero-order chi connectivity index (χ0) is 19.6. The Hall–Kier alpha value is -3.29. The van der Waals surface area contributed by atoms with Gasteiger partial charge in [0.15, 0.2) is 5.82 Å². The highest BCUT2D eigenvalue weighted by Gasteiger charge is 2.18. The predicted octanol–water partition coefficient (Wildman–Crippen LogP) is 2.70. The Balaban J connectivity index is 1.75. The number of rotatable bonds is 5. The number of carbonyl (C=O) groups excluding carboxylic acids is 1. The monoisotopic (exact) mass is 365 g/mol. The van der Waals surface area contributed by atoms with Gasteiger partial charge in [0.1, 0.15) is 6.33 Å². The van der Waals surface area contributed by atoms with Gasteiger partial charge in [0.25, 0.3) is 5.91 Å². The van der Waals surface area contributed by atoms with Gasteiger partial charge in [-0.15, -0.1) is 10.2 Å². The zero-order valence-electron chi connectivity index (χ0n) is 15.8. The van der Waals surface area contributed by atoms with E-state index in [0.717, 1.165) is 22.8 Å². The predicted molar refractivity (Wildman–Crippen MR) is 103 cm³/mol. The zero-order valence-corrected chi connectivity index (χ0v) is 15.8. The number of nitrogens with zero attached hydrogens (tertiary/aromatic N) is 5. The highest BCUT2D eigenvalue weighted by molar-refractivity contribution is 5.94. The lowest BCUT2D eigenvalue weighted by Crippen LogP contribution is -2.29. The maximum Gasteiger partial charge on any atom is 0.251 e. The standard InChI is InChI=1S/C19H23N7O/c1-11(2)26-10-21-25-17(26)13(4)23-18(27)15-7-5-14(6-8-15)16-9-12(3)22-19(20)24-16/h5-11,13H,1-4H3,(H,23,27)(H2,20,22,24)/t13-/m0/s1. The van der Waals surface area contributed by atoms with Crippen molar-refractivity contribution in [3.63, 3.8) is 0 Å². The SMILES string of the molecule is Cc1cc(-c2ccc(C(=O)N[C@@H](C)c3nncn3C(C)C)cc2)nc(N)n1. The van der Waals surface area contributed by atoms with Crippen LogP contribution in [0.5, 0.6) is 0 Å². The topological polar surface area (TPSA) is 112 Å². The second-order valence-corrected chi connectivity index (χ2v) is 6.72. The van der Waals surface area contributed by atoms with Crippen molar-refractivity contribution in [1.82, 2.24) is 30.0 Å². The number of aryl methyl sites for hydroxylation is 1. The molecule has 3 rings (SSSR count). The van der Waals surface area contributed by atoms with Crippen molar-refractivity contribution >= 4 is 11.9 Å². The number of carbonyl (C=O) groups is 1. The highest BCUT2D eigenvalue weighted by atomic mass is 16.1. The molecule has 1 aromatic carbocycles. The van der Waals surface area contributed by atoms with Crippen LogP contribution in [0.15, 0.2) is 36.7 Å². The van der Waals surface area contributed by atoms with Gasteiger partial charge in [-0.2, -0.15) is 0 Å². The van der Waals surface area contributed by atoms with E-state index in [1.807, 2.05) is 50.5 Å². The number of nitrogens with two attached hydrogens (primary N) is 1. The molecule has 3 N–H and O–H groups in total. The van der Waals surface area contributed by atoms with E-state index in [1.54, 1.807) is 18.5 Å². The van der Waals surface area contributed by atoms with Crippen molar-refractivity contribution < 1.29 is 4.79 Å². The summed E-state index contributed by atoms with van der Waals surface area (Å²) >= 11 is 0. The molecule has 3 aromatic rings. The lowest BCUT2D eigenvalue weighted by atomic mass is 10.1. The van der Waals surface area contributed by atoms with Gasteiger partial charge in [0, 0.05) is 22.9 Å². The Morgan fingerprint density at radius 3 is 2.48 bits per heavy atom. The molecular weight excluding hydrogens is 342 g/mol. The van der Waals surface area contributed by atoms with E-state index in [9.17, 15) is 4.79 Å². The number of nitrogen functional groups attached to an aromatic ring is 1. The Kier molecular flexibility index (Phi) is 5.16. The van der Waals surface area contributed by atoms with Crippen molar-refractivity contribution in [3.8, 4) is 11.3 Å². The molecule has 0 unspecified atom stereocenters. The first-order valence-electron chi connectivity index (χ1n) is 8.77. The van der Waals surface area contributed by atoms with Gasteiger partial charge in [0.05, 0.1) is 11.7 Å². The van der Waals surface area contributed by atoms with Crippen LogP contribution in [0.1, 0.15) is 54.7 Å². The van der Waals surface area contributed by atoms with Crippen LogP contribution in [0.4, 0.5) is 5.95 Å². The van der Waals surface area contributed by atoms with E-state index in [4.69, 9.17) is 5.73 Å². The average Bonchev–Trinajstić information content (AvgIpc) is 3.11. The van der Waals surface area contributed by atoms with Gasteiger partial charge >= 0.3 is 0 Å². The van der Waals surface area contributed by atoms with Crippen molar-refractivity contribution in [3.05, 3.63) is 53.7 Å². The summed E-state index contributed by atoms with van der Waals surface area (Å²) in [5.74, 6) is 0.780. The molecule has 0 spiro atoms. The van der Waals surface area contributed by atoms with Crippen molar-refractivity contribution in [1.29, 1.82) is 0 Å². The fraction of sp³-hybridized carbons (Fsp3) is 0.316. The summed E-state index contributed by atoms with van der Waals surface area (Å²) in [6.45, 7) is 7.84. The molecule has 0 saturated heterocycles. The minimum atomic E-state index is -0.258. The Morgan fingerprint density at radius 2 is 1.85 bits per heavy atom. The Bertz CT molecular complexity index is 927. The largest absolute Gasteiger partial charge is 0.368 e. The third kappa shape index (κ3) is 4.11. The Morgan fingerprint density at radius 1 is 1.15 bits per heavy atom. The van der Waals surface area contributed by atoms with Crippen LogP contribution in [0.25, 0.3) is 11.3 Å². The molecule has 0 fully saturated rings. The van der Waals surface area contributed by atoms with Gasteiger partial charge < -0.3 is 15.6 Å². The van der Waals surface area contributed by atoms with Crippen molar-refractivity contribution in [2.45, 2.75) is 39.8 Å². The van der Waals surface area contributed by atoms with E-state index < -0.39 is 0 Å². The normalized spacial score (nSPS) is 12.2. The van der Waals surface area contributed by atoms with Gasteiger partial charge in [-0.25, -0.2) is 9.97 Å². The van der Waals surface area contributed by atoms with Gasteiger partial charge in [0.2, 0.25) is 5.95 Å². The van der Waals surface area contributed by atoms with E-state index in [1.165, 1.54) is 0 Å². The molecule has 1 atom stereocenters. The molecule has 8 heteroatoms. The maximum atomic E-state index is 12.6. The first-order chi connectivity index (χ1) is 12.8. The third-order valence-electron chi connectivity index (χ3n) is 4.21. The number of aromatic nitrogens is 5. The number of benzene rings is 1. The number of hydrogen-bond donors (Lipinski definition) is 2. The first-order valence-corrected chi connectivity index (χ1v) is 8.77. The molecular formula is C19H23N7O. The second kappa shape index (κ2) is 7.53. The summed E-state index contributed by atoms with van der Waals surface area (Å²) < 4.78 is 1.94. The summed E-state index contributed by atoms with van der Waals surface area (Å²) in [5, 5.41) is 11.0. The van der Waals surface area contributed by atoms with Gasteiger partial charge in [-0.05, 0) is 45.9 Å². The summed E-state index contributed by atoms with van der Waals surface area (Å²) in [5.41, 5.74) is 8.66. The quantitative estimate of drug-likeness (QED) is 0.719. The molecule has 2 heterocycles. The molecule has 0 aliphatic carbocycles. The van der Waals surface area contributed by atoms with E-state index in [-0.39, 0.29) is 23.9 Å². The molecule has 1 amide bonds. The first kappa shape index (κ1) is 18.5. The minimum Gasteiger partial charge on any atom is -0.368 e. The van der Waals surface area contributed by atoms with Crippen LogP contribution < -0.4 is 11.1 Å². The lowest BCUT2D eigenvalue weighted by Gasteiger charge is -2.17. The van der Waals surface area contributed by atoms with Crippen molar-refractivity contribution in [2.24, 2.45) is 0 Å². The summed E-state index contributed by atoms with van der Waals surface area (Å²) in [6, 6.07) is 9.03. The summed E-state index contributed by atoms with van der Waals surface area (Å²) in [7, 11) is 0. The number of anilines is 1. The molecule has 2 aromatic heterocycles. The molecule has 0 bridgehead atoms. The molecule has 140 valence electrons. The molecule has 27 heavy (non-hydrogen) atoms. The molecule has 0 aliphatic heterocycles. The van der Waals surface area contributed by atoms with E-state index >= 15 is 0 Å². The maximum absolute atomic E-state index is 12.6. The fourth-order valence-electron chi connectivity index (χ4n) is 2.84. The molecule has 0 radical (unpaired) electrons. The number of amides is 1. The van der Waals surface area contributed by atoms with E-state index in [2.05, 4.69) is 25.5 Å². The van der Waals surface area contributed by atoms with Crippen molar-refractivity contribution in [2.75, 3.05) is 5.73 Å². The Labute approximate surface area is 157 Å². The van der Waals surface area contributed by atoms with Crippen LogP contribution in [-0.2, 0) is 0 Å². The lowest BCUT2D eigenvalue weighted by molar-refractivity contribution is 0.0937. The minimum absolute atomic E-state index is 0.175. The average molecular weight is 365 g/mol. The number of nitrogens with one attached hydrogen (secondary N) is 1. The fourth-order valence-corrected chi connectivity index (χ4v) is 2.84. The third-order valence-corrected chi connectivity index (χ3v) is 4.21. The molecule has 0 saturated carbocycles. The molecule has 0 aliphatic rings. The smallest absolute Gasteiger partial charge is 0.251 e. The van der Waals surface area contributed by atoms with Crippen LogP contribution >= 0.6 is 0 Å². The summed E-state index contributed by atoms with van der Waals surface area (Å²) in [6.07, 6.45) is 1.67. The van der Waals surface area contributed by atoms with Crippen LogP contribution in [0.3, 0.4) is 0 Å². The van der Waals surface area contributed by atoms with Gasteiger partial charge in [-0.1, -0.05) is 12.1 Å². The van der Waals surface area contributed by atoms with Gasteiger partial charge in [-0.3, -0.25) is 4.79 Å². The number of hydrogen-bond acceptors (Lipinski definition) is 6. The second-order valence-electron chi connectivity index (χ2n) is 6.72. The molecule has 8 nitrogen and oxygen atoms in total. The highest BCUT2D eigenvalue weighted by Crippen LogP contribution is 2.20. The van der Waals surface area contributed by atoms with Crippen LogP contribution in [0.2, 0.25) is 0 Å². The van der Waals surface area contributed by atoms with E-state index in [0.29, 0.717) is 5.56 Å². The van der Waals surface area contributed by atoms with Crippen LogP contribution in [-0.4, -0.2) is 30.6 Å². The summed E-state index contributed by atoms with van der Waals surface area (Å²) in [4.78, 5) is 20.9. The van der Waals surface area contributed by atoms with Crippen LogP contribution in [0, 0.1) is 6.92 Å².